The molecule has 0 atom stereocenters. The highest BCUT2D eigenvalue weighted by atomic mass is 15.0. The van der Waals surface area contributed by atoms with Crippen LogP contribution in [0.15, 0.2) is 0 Å². The van der Waals surface area contributed by atoms with Gasteiger partial charge in [-0.05, 0) is 19.8 Å². The molecule has 0 N–H and O–H groups in total. The molecule has 0 spiro atoms. The molecular formula is C12H21N3. The van der Waals surface area contributed by atoms with Crippen molar-refractivity contribution in [3.8, 4) is 0 Å². The van der Waals surface area contributed by atoms with Crippen LogP contribution in [0.3, 0.4) is 0 Å². The van der Waals surface area contributed by atoms with Gasteiger partial charge in [0.2, 0.25) is 0 Å². The van der Waals surface area contributed by atoms with Gasteiger partial charge in [0.25, 0.3) is 0 Å². The largest absolute Gasteiger partial charge is 0.218 e. The second-order valence-electron chi connectivity index (χ2n) is 3.92. The van der Waals surface area contributed by atoms with Crippen LogP contribution in [0.2, 0.25) is 0 Å². The van der Waals surface area contributed by atoms with E-state index in [9.17, 15) is 0 Å². The minimum Gasteiger partial charge on any atom is -0.218 e. The molecule has 0 aliphatic rings. The van der Waals surface area contributed by atoms with Gasteiger partial charge < -0.3 is 0 Å². The van der Waals surface area contributed by atoms with Crippen molar-refractivity contribution in [2.75, 3.05) is 0 Å². The molecule has 1 heterocycles. The summed E-state index contributed by atoms with van der Waals surface area (Å²) in [6, 6.07) is 0. The summed E-state index contributed by atoms with van der Waals surface area (Å²) < 4.78 is 0. The van der Waals surface area contributed by atoms with Crippen molar-refractivity contribution in [3.05, 3.63) is 17.5 Å². The summed E-state index contributed by atoms with van der Waals surface area (Å²) in [5.41, 5.74) is 0. The molecule has 0 saturated heterocycles. The lowest BCUT2D eigenvalue weighted by molar-refractivity contribution is 0.690. The van der Waals surface area contributed by atoms with Crippen LogP contribution in [-0.4, -0.2) is 15.0 Å². The molecule has 0 radical (unpaired) electrons. The zero-order valence-electron chi connectivity index (χ0n) is 10.1. The van der Waals surface area contributed by atoms with Gasteiger partial charge in [-0.1, -0.05) is 26.7 Å². The Kier molecular flexibility index (Phi) is 5.22. The predicted octanol–water partition coefficient (Wildman–Crippen LogP) is 2.87. The van der Waals surface area contributed by atoms with E-state index in [0.717, 1.165) is 43.2 Å². The lowest BCUT2D eigenvalue weighted by Crippen LogP contribution is -2.05. The third-order valence-corrected chi connectivity index (χ3v) is 2.35. The number of aryl methyl sites for hydroxylation is 3. The molecule has 0 amide bonds. The summed E-state index contributed by atoms with van der Waals surface area (Å²) in [6.07, 6.45) is 6.68. The average Bonchev–Trinajstić information content (AvgIpc) is 2.23. The van der Waals surface area contributed by atoms with E-state index in [2.05, 4.69) is 28.8 Å². The summed E-state index contributed by atoms with van der Waals surface area (Å²) in [7, 11) is 0. The third kappa shape index (κ3) is 4.36. The van der Waals surface area contributed by atoms with E-state index in [1.54, 1.807) is 0 Å². The number of hydrogen-bond acceptors (Lipinski definition) is 3. The van der Waals surface area contributed by atoms with Gasteiger partial charge in [0.05, 0.1) is 0 Å². The Morgan fingerprint density at radius 3 is 1.67 bits per heavy atom. The van der Waals surface area contributed by atoms with Gasteiger partial charge in [-0.25, -0.2) is 15.0 Å². The van der Waals surface area contributed by atoms with Gasteiger partial charge in [0.1, 0.15) is 17.5 Å². The number of aromatic nitrogens is 3. The summed E-state index contributed by atoms with van der Waals surface area (Å²) in [6.45, 7) is 6.32. The lowest BCUT2D eigenvalue weighted by Gasteiger charge is -2.03. The lowest BCUT2D eigenvalue weighted by atomic mass is 10.2. The van der Waals surface area contributed by atoms with Gasteiger partial charge in [-0.3, -0.25) is 0 Å². The molecule has 15 heavy (non-hydrogen) atoms. The Balaban J connectivity index is 2.66. The molecule has 3 nitrogen and oxygen atoms in total. The van der Waals surface area contributed by atoms with Crippen LogP contribution in [0.4, 0.5) is 0 Å². The van der Waals surface area contributed by atoms with Gasteiger partial charge in [0.15, 0.2) is 0 Å². The van der Waals surface area contributed by atoms with Crippen molar-refractivity contribution < 1.29 is 0 Å². The quantitative estimate of drug-likeness (QED) is 0.720. The monoisotopic (exact) mass is 207 g/mol. The fourth-order valence-electron chi connectivity index (χ4n) is 1.49. The highest BCUT2D eigenvalue weighted by molar-refractivity contribution is 4.96. The number of unbranched alkanes of at least 4 members (excludes halogenated alkanes) is 2. The maximum atomic E-state index is 4.49. The summed E-state index contributed by atoms with van der Waals surface area (Å²) in [5.74, 6) is 2.80. The zero-order valence-corrected chi connectivity index (χ0v) is 10.1. The highest BCUT2D eigenvalue weighted by Crippen LogP contribution is 2.03. The Morgan fingerprint density at radius 1 is 0.800 bits per heavy atom. The molecular weight excluding hydrogens is 186 g/mol. The maximum absolute atomic E-state index is 4.49. The van der Waals surface area contributed by atoms with Gasteiger partial charge in [-0.15, -0.1) is 0 Å². The van der Waals surface area contributed by atoms with Crippen molar-refractivity contribution >= 4 is 0 Å². The van der Waals surface area contributed by atoms with Crippen molar-refractivity contribution in [2.24, 2.45) is 0 Å². The first-order valence-corrected chi connectivity index (χ1v) is 5.96. The number of nitrogens with zero attached hydrogens (tertiary/aromatic N) is 3. The van der Waals surface area contributed by atoms with E-state index < -0.39 is 0 Å². The molecule has 0 unspecified atom stereocenters. The van der Waals surface area contributed by atoms with Gasteiger partial charge in [0, 0.05) is 12.8 Å². The Morgan fingerprint density at radius 2 is 1.27 bits per heavy atom. The first kappa shape index (κ1) is 12.1. The van der Waals surface area contributed by atoms with E-state index in [4.69, 9.17) is 0 Å². The smallest absolute Gasteiger partial charge is 0.132 e. The first-order chi connectivity index (χ1) is 7.26. The number of rotatable bonds is 6. The first-order valence-electron chi connectivity index (χ1n) is 5.96. The molecule has 0 bridgehead atoms. The molecule has 0 aromatic carbocycles. The van der Waals surface area contributed by atoms with Crippen LogP contribution in [0.1, 0.15) is 57.0 Å². The summed E-state index contributed by atoms with van der Waals surface area (Å²) >= 11 is 0. The summed E-state index contributed by atoms with van der Waals surface area (Å²) in [4.78, 5) is 13.2. The van der Waals surface area contributed by atoms with Crippen LogP contribution in [0, 0.1) is 6.92 Å². The Hall–Kier alpha value is -0.990. The minimum atomic E-state index is 0.863. The normalized spacial score (nSPS) is 10.6. The molecule has 1 rings (SSSR count). The van der Waals surface area contributed by atoms with Crippen molar-refractivity contribution in [2.45, 2.75) is 59.3 Å². The molecule has 3 heteroatoms. The molecule has 0 aliphatic heterocycles. The van der Waals surface area contributed by atoms with Crippen LogP contribution < -0.4 is 0 Å². The Bertz CT molecular complexity index is 271. The molecule has 1 aromatic heterocycles. The fourth-order valence-corrected chi connectivity index (χ4v) is 1.49. The second-order valence-corrected chi connectivity index (χ2v) is 3.92. The van der Waals surface area contributed by atoms with E-state index >= 15 is 0 Å². The molecule has 1 aromatic rings. The zero-order chi connectivity index (χ0) is 11.1. The number of hydrogen-bond donors (Lipinski definition) is 0. The maximum Gasteiger partial charge on any atom is 0.132 e. The molecule has 0 fully saturated rings. The van der Waals surface area contributed by atoms with E-state index in [-0.39, 0.29) is 0 Å². The predicted molar refractivity (Wildman–Crippen MR) is 61.8 cm³/mol. The molecule has 0 saturated carbocycles. The van der Waals surface area contributed by atoms with E-state index in [1.165, 1.54) is 12.8 Å². The molecule has 0 aliphatic carbocycles. The van der Waals surface area contributed by atoms with Gasteiger partial charge >= 0.3 is 0 Å². The highest BCUT2D eigenvalue weighted by Gasteiger charge is 2.02. The van der Waals surface area contributed by atoms with Crippen LogP contribution in [0.5, 0.6) is 0 Å². The Labute approximate surface area is 92.4 Å². The molecule has 84 valence electrons. The van der Waals surface area contributed by atoms with Crippen molar-refractivity contribution in [1.29, 1.82) is 0 Å². The standard InChI is InChI=1S/C12H21N3/c1-4-6-8-11-13-10(3)14-12(15-11)9-7-5-2/h4-9H2,1-3H3. The minimum absolute atomic E-state index is 0.863. The van der Waals surface area contributed by atoms with Crippen molar-refractivity contribution in [1.82, 2.24) is 15.0 Å². The van der Waals surface area contributed by atoms with Crippen LogP contribution in [0.25, 0.3) is 0 Å². The topological polar surface area (TPSA) is 38.7 Å². The van der Waals surface area contributed by atoms with Crippen LogP contribution in [-0.2, 0) is 12.8 Å². The van der Waals surface area contributed by atoms with Gasteiger partial charge in [-0.2, -0.15) is 0 Å². The fraction of sp³-hybridized carbons (Fsp3) is 0.750. The van der Waals surface area contributed by atoms with E-state index in [0.29, 0.717) is 0 Å². The summed E-state index contributed by atoms with van der Waals surface area (Å²) in [5, 5.41) is 0. The van der Waals surface area contributed by atoms with Crippen LogP contribution >= 0.6 is 0 Å². The average molecular weight is 207 g/mol. The van der Waals surface area contributed by atoms with E-state index in [1.807, 2.05) is 6.92 Å². The third-order valence-electron chi connectivity index (χ3n) is 2.35. The SMILES string of the molecule is CCCCc1nc(C)nc(CCCC)n1. The second kappa shape index (κ2) is 6.49. The van der Waals surface area contributed by atoms with Crippen molar-refractivity contribution in [3.63, 3.8) is 0 Å².